The largest absolute Gasteiger partial charge is 0.448 e. The molecule has 0 N–H and O–H groups in total. The molecule has 0 heterocycles. The molecule has 0 fully saturated rings. The van der Waals surface area contributed by atoms with E-state index in [9.17, 15) is 9.59 Å². The fourth-order valence-corrected chi connectivity index (χ4v) is 2.02. The van der Waals surface area contributed by atoms with Crippen molar-refractivity contribution in [2.45, 2.75) is 32.9 Å². The first-order valence-corrected chi connectivity index (χ1v) is 7.76. The number of hydrogen-bond acceptors (Lipinski definition) is 6. The van der Waals surface area contributed by atoms with Gasteiger partial charge in [0.05, 0.1) is 25.0 Å². The van der Waals surface area contributed by atoms with Crippen LogP contribution in [0.15, 0.2) is 0 Å². The number of hydrogen-bond donors (Lipinski definition) is 1. The van der Waals surface area contributed by atoms with E-state index in [0.29, 0.717) is 11.1 Å². The number of rotatable bonds is 6. The molecule has 2 amide bonds. The van der Waals surface area contributed by atoms with Crippen LogP contribution in [-0.2, 0) is 9.47 Å². The van der Waals surface area contributed by atoms with Crippen LogP contribution >= 0.6 is 24.4 Å². The molecule has 0 aromatic rings. The molecule has 0 aromatic heterocycles. The van der Waals surface area contributed by atoms with Gasteiger partial charge in [0.25, 0.3) is 0 Å². The number of carbonyl (C=O) groups is 2. The Morgan fingerprint density at radius 1 is 1.11 bits per heavy atom. The molecule has 0 unspecified atom stereocenters. The van der Waals surface area contributed by atoms with Gasteiger partial charge in [0, 0.05) is 5.25 Å². The minimum Gasteiger partial charge on any atom is -0.448 e. The summed E-state index contributed by atoms with van der Waals surface area (Å²) in [6.45, 7) is 7.89. The molecule has 0 aliphatic rings. The van der Waals surface area contributed by atoms with E-state index in [4.69, 9.17) is 9.47 Å². The number of thioether (sulfide) groups is 1. The molecular formula is C11H22N2O4S2. The van der Waals surface area contributed by atoms with E-state index < -0.39 is 12.2 Å². The zero-order valence-electron chi connectivity index (χ0n) is 11.8. The Labute approximate surface area is 124 Å². The van der Waals surface area contributed by atoms with Crippen LogP contribution in [0.4, 0.5) is 9.59 Å². The van der Waals surface area contributed by atoms with Crippen molar-refractivity contribution in [3.8, 4) is 0 Å². The minimum absolute atomic E-state index is 0.0380. The fraction of sp³-hybridized carbons (Fsp3) is 0.818. The predicted molar refractivity (Wildman–Crippen MR) is 79.2 cm³/mol. The third-order valence-corrected chi connectivity index (χ3v) is 3.24. The second-order valence-electron chi connectivity index (χ2n) is 3.68. The van der Waals surface area contributed by atoms with Gasteiger partial charge in [0.2, 0.25) is 0 Å². The summed E-state index contributed by atoms with van der Waals surface area (Å²) in [7, 11) is 0. The molecule has 19 heavy (non-hydrogen) atoms. The summed E-state index contributed by atoms with van der Waals surface area (Å²) in [5.74, 6) is 0.339. The summed E-state index contributed by atoms with van der Waals surface area (Å²) in [5, 5.41) is 2.65. The van der Waals surface area contributed by atoms with Gasteiger partial charge in [-0.15, -0.1) is 11.8 Å². The van der Waals surface area contributed by atoms with Crippen LogP contribution in [0.3, 0.4) is 0 Å². The Hall–Kier alpha value is -0.760. The van der Waals surface area contributed by atoms with Crippen LogP contribution in [0.2, 0.25) is 0 Å². The van der Waals surface area contributed by atoms with Gasteiger partial charge in [0.1, 0.15) is 0 Å². The highest BCUT2D eigenvalue weighted by atomic mass is 32.2. The van der Waals surface area contributed by atoms with Crippen LogP contribution in [0, 0.1) is 0 Å². The molecular weight excluding hydrogens is 288 g/mol. The maximum atomic E-state index is 11.9. The van der Waals surface area contributed by atoms with Gasteiger partial charge in [0.15, 0.2) is 0 Å². The standard InChI is InChI=1S/C11H22N2O4S2/c1-5-16-10(14)12(7-18)13(8-19-9(3)4)11(15)17-6-2/h9,18H,5-8H2,1-4H3. The number of ether oxygens (including phenoxy) is 2. The Morgan fingerprint density at radius 3 is 1.95 bits per heavy atom. The minimum atomic E-state index is -0.616. The van der Waals surface area contributed by atoms with E-state index in [2.05, 4.69) is 12.6 Å². The second kappa shape index (κ2) is 10.1. The molecule has 0 atom stereocenters. The van der Waals surface area contributed by atoms with E-state index in [-0.39, 0.29) is 19.1 Å². The monoisotopic (exact) mass is 310 g/mol. The van der Waals surface area contributed by atoms with E-state index in [1.807, 2.05) is 13.8 Å². The summed E-state index contributed by atoms with van der Waals surface area (Å²) >= 11 is 5.58. The van der Waals surface area contributed by atoms with Gasteiger partial charge in [-0.05, 0) is 13.8 Å². The molecule has 0 aliphatic heterocycles. The summed E-state index contributed by atoms with van der Waals surface area (Å²) in [6.07, 6.45) is -1.20. The highest BCUT2D eigenvalue weighted by molar-refractivity contribution is 7.99. The normalized spacial score (nSPS) is 10.2. The summed E-state index contributed by atoms with van der Waals surface area (Å²) in [6, 6.07) is 0. The van der Waals surface area contributed by atoms with Crippen LogP contribution < -0.4 is 0 Å². The third-order valence-electron chi connectivity index (χ3n) is 1.91. The van der Waals surface area contributed by atoms with Crippen molar-refractivity contribution >= 4 is 36.6 Å². The van der Waals surface area contributed by atoms with E-state index >= 15 is 0 Å². The molecule has 0 saturated carbocycles. The van der Waals surface area contributed by atoms with Gasteiger partial charge in [-0.3, -0.25) is 0 Å². The Bertz CT molecular complexity index is 290. The number of thiol groups is 1. The maximum absolute atomic E-state index is 11.9. The first-order chi connectivity index (χ1) is 8.97. The molecule has 0 saturated heterocycles. The van der Waals surface area contributed by atoms with E-state index in [1.54, 1.807) is 13.8 Å². The average molecular weight is 310 g/mol. The molecule has 0 aromatic carbocycles. The van der Waals surface area contributed by atoms with Gasteiger partial charge in [-0.1, -0.05) is 13.8 Å². The van der Waals surface area contributed by atoms with Crippen LogP contribution in [0.5, 0.6) is 0 Å². The van der Waals surface area contributed by atoms with Gasteiger partial charge >= 0.3 is 12.2 Å². The summed E-state index contributed by atoms with van der Waals surface area (Å²) in [4.78, 5) is 23.6. The Morgan fingerprint density at radius 2 is 1.58 bits per heavy atom. The lowest BCUT2D eigenvalue weighted by Gasteiger charge is -2.31. The summed E-state index contributed by atoms with van der Waals surface area (Å²) < 4.78 is 9.83. The quantitative estimate of drug-likeness (QED) is 0.464. The highest BCUT2D eigenvalue weighted by Gasteiger charge is 2.27. The topological polar surface area (TPSA) is 59.1 Å². The van der Waals surface area contributed by atoms with Gasteiger partial charge < -0.3 is 9.47 Å². The molecule has 6 nitrogen and oxygen atoms in total. The van der Waals surface area contributed by atoms with Crippen molar-refractivity contribution in [2.24, 2.45) is 0 Å². The van der Waals surface area contributed by atoms with Crippen molar-refractivity contribution in [3.05, 3.63) is 0 Å². The maximum Gasteiger partial charge on any atom is 0.429 e. The van der Waals surface area contributed by atoms with Gasteiger partial charge in [-0.25, -0.2) is 19.6 Å². The van der Waals surface area contributed by atoms with Crippen molar-refractivity contribution in [2.75, 3.05) is 25.0 Å². The van der Waals surface area contributed by atoms with Crippen molar-refractivity contribution in [1.82, 2.24) is 10.0 Å². The van der Waals surface area contributed by atoms with Crippen LogP contribution in [-0.4, -0.2) is 52.4 Å². The molecule has 0 spiro atoms. The predicted octanol–water partition coefficient (Wildman–Crippen LogP) is 2.80. The third kappa shape index (κ3) is 6.81. The number of hydrazine groups is 1. The zero-order valence-corrected chi connectivity index (χ0v) is 13.5. The number of amides is 2. The number of carbonyl (C=O) groups excluding carboxylic acids is 2. The lowest BCUT2D eigenvalue weighted by molar-refractivity contribution is 0.00214. The first kappa shape index (κ1) is 18.2. The Kier molecular flexibility index (Phi) is 9.68. The zero-order chi connectivity index (χ0) is 14.8. The van der Waals surface area contributed by atoms with E-state index in [1.165, 1.54) is 16.8 Å². The molecule has 0 radical (unpaired) electrons. The van der Waals surface area contributed by atoms with Crippen molar-refractivity contribution in [3.63, 3.8) is 0 Å². The van der Waals surface area contributed by atoms with Crippen LogP contribution in [0.1, 0.15) is 27.7 Å². The van der Waals surface area contributed by atoms with Crippen molar-refractivity contribution < 1.29 is 19.1 Å². The lowest BCUT2D eigenvalue weighted by Crippen LogP contribution is -2.49. The lowest BCUT2D eigenvalue weighted by atomic mass is 10.6. The molecule has 8 heteroatoms. The molecule has 112 valence electrons. The van der Waals surface area contributed by atoms with Gasteiger partial charge in [-0.2, -0.15) is 12.6 Å². The van der Waals surface area contributed by atoms with E-state index in [0.717, 1.165) is 5.01 Å². The Balaban J connectivity index is 4.84. The molecule has 0 aliphatic carbocycles. The smallest absolute Gasteiger partial charge is 0.429 e. The summed E-state index contributed by atoms with van der Waals surface area (Å²) in [5.41, 5.74) is 0. The first-order valence-electron chi connectivity index (χ1n) is 6.08. The van der Waals surface area contributed by atoms with Crippen molar-refractivity contribution in [1.29, 1.82) is 0 Å². The molecule has 0 rings (SSSR count). The second-order valence-corrected chi connectivity index (χ2v) is 5.50. The average Bonchev–Trinajstić information content (AvgIpc) is 2.34. The molecule has 0 bridgehead atoms. The SMILES string of the molecule is CCOC(=O)N(CS)N(CSC(C)C)C(=O)OCC. The highest BCUT2D eigenvalue weighted by Crippen LogP contribution is 2.15. The number of nitrogens with zero attached hydrogens (tertiary/aromatic N) is 2. The fourth-order valence-electron chi connectivity index (χ4n) is 1.07. The van der Waals surface area contributed by atoms with Crippen LogP contribution in [0.25, 0.3) is 0 Å².